The van der Waals surface area contributed by atoms with Gasteiger partial charge in [-0.25, -0.2) is 0 Å². The molecule has 0 bridgehead atoms. The van der Waals surface area contributed by atoms with E-state index in [1.807, 2.05) is 7.05 Å². The normalized spacial score (nSPS) is 10.6. The molecule has 0 saturated carbocycles. The third-order valence-electron chi connectivity index (χ3n) is 1.30. The van der Waals surface area contributed by atoms with Gasteiger partial charge in [-0.15, -0.1) is 0 Å². The minimum absolute atomic E-state index is 0.134. The summed E-state index contributed by atoms with van der Waals surface area (Å²) in [4.78, 5) is 0. The van der Waals surface area contributed by atoms with Gasteiger partial charge >= 0.3 is 0 Å². The summed E-state index contributed by atoms with van der Waals surface area (Å²) in [6.45, 7) is 0. The molecule has 0 radical (unpaired) electrons. The smallest absolute Gasteiger partial charge is 0.184 e. The average Bonchev–Trinajstić information content (AvgIpc) is 2.34. The molecular weight excluding hydrogens is 254 g/mol. The van der Waals surface area contributed by atoms with E-state index >= 15 is 0 Å². The summed E-state index contributed by atoms with van der Waals surface area (Å²) >= 11 is 7.89. The lowest BCUT2D eigenvalue weighted by molar-refractivity contribution is 0.760. The first-order valence-electron chi connectivity index (χ1n) is 3.37. The van der Waals surface area contributed by atoms with E-state index in [2.05, 4.69) is 43.8 Å². The van der Waals surface area contributed by atoms with Crippen LogP contribution in [0.15, 0.2) is 15.8 Å². The Morgan fingerprint density at radius 2 is 2.62 bits per heavy atom. The van der Waals surface area contributed by atoms with Gasteiger partial charge in [-0.1, -0.05) is 0 Å². The molecule has 3 N–H and O–H groups in total. The van der Waals surface area contributed by atoms with Crippen LogP contribution >= 0.6 is 28.1 Å². The van der Waals surface area contributed by atoms with E-state index in [0.717, 1.165) is 10.2 Å². The second-order valence-corrected chi connectivity index (χ2v) is 3.53. The van der Waals surface area contributed by atoms with E-state index in [0.29, 0.717) is 0 Å². The molecule has 5 nitrogen and oxygen atoms in total. The molecule has 0 aliphatic heterocycles. The maximum absolute atomic E-state index is 5.18. The van der Waals surface area contributed by atoms with Gasteiger partial charge in [-0.2, -0.15) is 10.2 Å². The van der Waals surface area contributed by atoms with Crippen LogP contribution in [0.2, 0.25) is 0 Å². The van der Waals surface area contributed by atoms with Crippen molar-refractivity contribution in [2.75, 3.05) is 0 Å². The first-order chi connectivity index (χ1) is 6.11. The second kappa shape index (κ2) is 4.33. The van der Waals surface area contributed by atoms with Gasteiger partial charge in [0.15, 0.2) is 5.11 Å². The molecule has 7 heteroatoms. The Morgan fingerprint density at radius 3 is 3.08 bits per heavy atom. The van der Waals surface area contributed by atoms with Crippen molar-refractivity contribution < 1.29 is 0 Å². The van der Waals surface area contributed by atoms with Crippen molar-refractivity contribution in [2.24, 2.45) is 17.9 Å². The van der Waals surface area contributed by atoms with Crippen LogP contribution in [-0.2, 0) is 7.05 Å². The zero-order valence-corrected chi connectivity index (χ0v) is 9.26. The molecular formula is C6H8BrN5S. The van der Waals surface area contributed by atoms with Crippen LogP contribution in [0.5, 0.6) is 0 Å². The van der Waals surface area contributed by atoms with Gasteiger partial charge < -0.3 is 5.73 Å². The van der Waals surface area contributed by atoms with E-state index in [1.54, 1.807) is 17.1 Å². The Hall–Kier alpha value is -0.950. The molecule has 0 atom stereocenters. The fraction of sp³-hybridized carbons (Fsp3) is 0.167. The lowest BCUT2D eigenvalue weighted by atomic mass is 10.5. The molecule has 0 amide bonds. The van der Waals surface area contributed by atoms with Crippen molar-refractivity contribution in [3.05, 3.63) is 16.4 Å². The predicted octanol–water partition coefficient (Wildman–Crippen LogP) is 0.350. The highest BCUT2D eigenvalue weighted by atomic mass is 79.9. The Morgan fingerprint density at radius 1 is 1.92 bits per heavy atom. The number of hydrazone groups is 1. The first kappa shape index (κ1) is 10.1. The summed E-state index contributed by atoms with van der Waals surface area (Å²) in [5.74, 6) is 0. The monoisotopic (exact) mass is 261 g/mol. The number of hydrogen-bond donors (Lipinski definition) is 2. The molecule has 1 aromatic rings. The van der Waals surface area contributed by atoms with Crippen molar-refractivity contribution in [3.8, 4) is 0 Å². The quantitative estimate of drug-likeness (QED) is 0.458. The SMILES string of the molecule is Cn1ncc(Br)c1/C=N/NC(N)=S. The largest absolute Gasteiger partial charge is 0.375 e. The van der Waals surface area contributed by atoms with Crippen LogP contribution in [0.3, 0.4) is 0 Å². The summed E-state index contributed by atoms with van der Waals surface area (Å²) in [6.07, 6.45) is 3.26. The molecule has 1 rings (SSSR count). The topological polar surface area (TPSA) is 68.2 Å². The van der Waals surface area contributed by atoms with Crippen LogP contribution in [-0.4, -0.2) is 21.1 Å². The fourth-order valence-corrected chi connectivity index (χ4v) is 1.23. The zero-order valence-electron chi connectivity index (χ0n) is 6.86. The van der Waals surface area contributed by atoms with Gasteiger partial charge in [0.25, 0.3) is 0 Å². The number of rotatable bonds is 2. The summed E-state index contributed by atoms with van der Waals surface area (Å²) < 4.78 is 2.54. The second-order valence-electron chi connectivity index (χ2n) is 2.24. The minimum atomic E-state index is 0.134. The number of nitrogens with one attached hydrogen (secondary N) is 1. The van der Waals surface area contributed by atoms with Gasteiger partial charge in [0.1, 0.15) is 0 Å². The molecule has 0 unspecified atom stereocenters. The molecule has 1 aromatic heterocycles. The highest BCUT2D eigenvalue weighted by Crippen LogP contribution is 2.12. The third kappa shape index (κ3) is 2.78. The van der Waals surface area contributed by atoms with E-state index in [4.69, 9.17) is 5.73 Å². The average molecular weight is 262 g/mol. The van der Waals surface area contributed by atoms with Gasteiger partial charge in [0, 0.05) is 7.05 Å². The zero-order chi connectivity index (χ0) is 9.84. The van der Waals surface area contributed by atoms with Crippen molar-refractivity contribution >= 4 is 39.5 Å². The predicted molar refractivity (Wildman–Crippen MR) is 58.4 cm³/mol. The number of nitrogens with two attached hydrogens (primary N) is 1. The number of aryl methyl sites for hydroxylation is 1. The molecule has 1 heterocycles. The number of aromatic nitrogens is 2. The van der Waals surface area contributed by atoms with Crippen LogP contribution in [0.25, 0.3) is 0 Å². The van der Waals surface area contributed by atoms with E-state index in [-0.39, 0.29) is 5.11 Å². The van der Waals surface area contributed by atoms with Crippen LogP contribution in [0, 0.1) is 0 Å². The first-order valence-corrected chi connectivity index (χ1v) is 4.57. The number of halogens is 1. The van der Waals surface area contributed by atoms with Crippen molar-refractivity contribution in [1.82, 2.24) is 15.2 Å². The Balaban J connectivity index is 2.73. The molecule has 0 aliphatic rings. The molecule has 13 heavy (non-hydrogen) atoms. The van der Waals surface area contributed by atoms with Crippen molar-refractivity contribution in [3.63, 3.8) is 0 Å². The standard InChI is InChI=1S/C6H8BrN5S/c1-12-5(4(7)2-10-12)3-9-11-6(8)13/h2-3H,1H3,(H3,8,11,13)/b9-3+. The van der Waals surface area contributed by atoms with Gasteiger partial charge in [0.2, 0.25) is 0 Å². The summed E-state index contributed by atoms with van der Waals surface area (Å²) in [7, 11) is 1.81. The Bertz CT molecular complexity index is 325. The van der Waals surface area contributed by atoms with Gasteiger partial charge in [-0.3, -0.25) is 10.1 Å². The number of hydrogen-bond acceptors (Lipinski definition) is 3. The molecule has 0 aromatic carbocycles. The molecule has 70 valence electrons. The maximum atomic E-state index is 5.18. The van der Waals surface area contributed by atoms with E-state index < -0.39 is 0 Å². The molecule has 0 fully saturated rings. The molecule has 0 aliphatic carbocycles. The van der Waals surface area contributed by atoms with Crippen molar-refractivity contribution in [1.29, 1.82) is 0 Å². The third-order valence-corrected chi connectivity index (χ3v) is 2.00. The summed E-state index contributed by atoms with van der Waals surface area (Å²) in [5, 5.41) is 7.94. The molecule has 0 spiro atoms. The maximum Gasteiger partial charge on any atom is 0.184 e. The molecule has 0 saturated heterocycles. The Kier molecular flexibility index (Phi) is 3.38. The number of nitrogens with zero attached hydrogens (tertiary/aromatic N) is 3. The minimum Gasteiger partial charge on any atom is -0.375 e. The number of thiocarbonyl (C=S) groups is 1. The summed E-state index contributed by atoms with van der Waals surface area (Å²) in [6, 6.07) is 0. The van der Waals surface area contributed by atoms with E-state index in [9.17, 15) is 0 Å². The lowest BCUT2D eigenvalue weighted by Gasteiger charge is -1.96. The van der Waals surface area contributed by atoms with Crippen LogP contribution < -0.4 is 11.2 Å². The van der Waals surface area contributed by atoms with Crippen LogP contribution in [0.4, 0.5) is 0 Å². The van der Waals surface area contributed by atoms with Gasteiger partial charge in [-0.05, 0) is 28.1 Å². The highest BCUT2D eigenvalue weighted by molar-refractivity contribution is 9.10. The lowest BCUT2D eigenvalue weighted by Crippen LogP contribution is -2.24. The van der Waals surface area contributed by atoms with Gasteiger partial charge in [0.05, 0.1) is 22.6 Å². The highest BCUT2D eigenvalue weighted by Gasteiger charge is 2.01. The van der Waals surface area contributed by atoms with E-state index in [1.165, 1.54) is 0 Å². The summed E-state index contributed by atoms with van der Waals surface area (Å²) in [5.41, 5.74) is 8.47. The van der Waals surface area contributed by atoms with Crippen molar-refractivity contribution in [2.45, 2.75) is 0 Å². The fourth-order valence-electron chi connectivity index (χ4n) is 0.722. The van der Waals surface area contributed by atoms with Crippen LogP contribution in [0.1, 0.15) is 5.69 Å². The Labute approximate surface area is 89.1 Å².